The number of carbonyl (C=O) groups excluding carboxylic acids is 4. The van der Waals surface area contributed by atoms with Crippen molar-refractivity contribution >= 4 is 23.8 Å². The molecule has 4 unspecified atom stereocenters. The summed E-state index contributed by atoms with van der Waals surface area (Å²) in [4.78, 5) is 56.5. The normalized spacial score (nSPS) is 27.8. The van der Waals surface area contributed by atoms with Crippen molar-refractivity contribution in [2.75, 3.05) is 6.54 Å². The number of fused-ring (bicyclic) bond motifs is 3. The molecule has 4 atom stereocenters. The molecule has 2 heterocycles. The molecule has 4 fully saturated rings. The van der Waals surface area contributed by atoms with E-state index in [1.54, 1.807) is 9.80 Å². The number of rotatable bonds is 7. The fraction of sp³-hybridized carbons (Fsp3) is 0.643. The van der Waals surface area contributed by atoms with Crippen LogP contribution in [0, 0.1) is 11.8 Å². The average molecular weight is 525 g/mol. The number of hydrogen-bond donors (Lipinski definition) is 3. The lowest BCUT2D eigenvalue weighted by Crippen LogP contribution is -2.68. The van der Waals surface area contributed by atoms with Crippen LogP contribution in [0.1, 0.15) is 70.8 Å². The number of carbonyl (C=O) groups is 4. The molecule has 1 aromatic carbocycles. The number of hydrogen-bond acceptors (Lipinski definition) is 5. The van der Waals surface area contributed by atoms with E-state index >= 15 is 0 Å². The SMILES string of the molecule is CC(C)N1C(=O)C2CCC(C(=O)NC3CCCCC3)CC2N2C(=O)N(CC(=O)NCc3ccccc3)NC12. The van der Waals surface area contributed by atoms with Gasteiger partial charge in [-0.2, -0.15) is 5.43 Å². The predicted molar refractivity (Wildman–Crippen MR) is 141 cm³/mol. The molecule has 0 bridgehead atoms. The zero-order valence-electron chi connectivity index (χ0n) is 22.4. The van der Waals surface area contributed by atoms with Crippen molar-refractivity contribution in [3.05, 3.63) is 35.9 Å². The van der Waals surface area contributed by atoms with Crippen molar-refractivity contribution in [1.29, 1.82) is 0 Å². The van der Waals surface area contributed by atoms with Crippen molar-refractivity contribution in [3.8, 4) is 0 Å². The molecule has 0 radical (unpaired) electrons. The van der Waals surface area contributed by atoms with E-state index in [2.05, 4.69) is 16.1 Å². The number of urea groups is 1. The summed E-state index contributed by atoms with van der Waals surface area (Å²) in [6.07, 6.45) is 6.55. The summed E-state index contributed by atoms with van der Waals surface area (Å²) >= 11 is 0. The Morgan fingerprint density at radius 3 is 2.47 bits per heavy atom. The molecule has 5 amide bonds. The lowest BCUT2D eigenvalue weighted by Gasteiger charge is -2.51. The fourth-order valence-corrected chi connectivity index (χ4v) is 6.52. The van der Waals surface area contributed by atoms with Crippen LogP contribution >= 0.6 is 0 Å². The number of nitrogens with one attached hydrogen (secondary N) is 3. The van der Waals surface area contributed by atoms with Gasteiger partial charge in [-0.05, 0) is 51.5 Å². The highest BCUT2D eigenvalue weighted by atomic mass is 16.2. The Bertz CT molecular complexity index is 1040. The summed E-state index contributed by atoms with van der Waals surface area (Å²) in [6.45, 7) is 4.07. The smallest absolute Gasteiger partial charge is 0.337 e. The van der Waals surface area contributed by atoms with Gasteiger partial charge in [0.15, 0.2) is 6.29 Å². The van der Waals surface area contributed by atoms with Crippen molar-refractivity contribution in [2.45, 2.75) is 96.2 Å². The van der Waals surface area contributed by atoms with Gasteiger partial charge in [0.05, 0.1) is 5.92 Å². The van der Waals surface area contributed by atoms with Gasteiger partial charge < -0.3 is 15.5 Å². The maximum absolute atomic E-state index is 13.6. The summed E-state index contributed by atoms with van der Waals surface area (Å²) < 4.78 is 0. The summed E-state index contributed by atoms with van der Waals surface area (Å²) in [5, 5.41) is 7.41. The van der Waals surface area contributed by atoms with Gasteiger partial charge in [-0.1, -0.05) is 49.6 Å². The fourth-order valence-electron chi connectivity index (χ4n) is 6.52. The Balaban J connectivity index is 1.28. The highest BCUT2D eigenvalue weighted by molar-refractivity contribution is 5.89. The quantitative estimate of drug-likeness (QED) is 0.507. The van der Waals surface area contributed by atoms with Gasteiger partial charge in [-0.25, -0.2) is 9.80 Å². The molecule has 0 aromatic heterocycles. The van der Waals surface area contributed by atoms with E-state index in [4.69, 9.17) is 0 Å². The highest BCUT2D eigenvalue weighted by Gasteiger charge is 2.56. The second-order valence-electron chi connectivity index (χ2n) is 11.4. The lowest BCUT2D eigenvalue weighted by molar-refractivity contribution is -0.162. The Kier molecular flexibility index (Phi) is 7.88. The standard InChI is InChI=1S/C28H40N6O4/c1-18(2)33-26(37)22-14-13-20(25(36)30-21-11-7-4-8-12-21)15-23(22)34-27(33)31-32(28(34)38)17-24(35)29-16-19-9-5-3-6-10-19/h3,5-6,9-10,18,20-23,27,31H,4,7-8,11-17H2,1-2H3,(H,29,35)(H,30,36). The van der Waals surface area contributed by atoms with Crippen molar-refractivity contribution in [2.24, 2.45) is 11.8 Å². The van der Waals surface area contributed by atoms with Crippen LogP contribution < -0.4 is 16.1 Å². The minimum atomic E-state index is -0.668. The van der Waals surface area contributed by atoms with Gasteiger partial charge in [0.25, 0.3) is 0 Å². The topological polar surface area (TPSA) is 114 Å². The number of amides is 5. The first-order valence-corrected chi connectivity index (χ1v) is 14.1. The molecule has 38 heavy (non-hydrogen) atoms. The van der Waals surface area contributed by atoms with Gasteiger partial charge in [0.1, 0.15) is 6.54 Å². The second kappa shape index (κ2) is 11.3. The molecular weight excluding hydrogens is 484 g/mol. The Morgan fingerprint density at radius 2 is 1.76 bits per heavy atom. The van der Waals surface area contributed by atoms with E-state index in [1.165, 1.54) is 11.4 Å². The monoisotopic (exact) mass is 524 g/mol. The Hall–Kier alpha value is -3.14. The van der Waals surface area contributed by atoms with E-state index in [0.717, 1.165) is 31.2 Å². The zero-order chi connectivity index (χ0) is 26.8. The van der Waals surface area contributed by atoms with Gasteiger partial charge in [-0.15, -0.1) is 0 Å². The minimum absolute atomic E-state index is 0.00747. The van der Waals surface area contributed by atoms with Crippen molar-refractivity contribution in [3.63, 3.8) is 0 Å². The molecule has 206 valence electrons. The highest BCUT2D eigenvalue weighted by Crippen LogP contribution is 2.41. The molecule has 2 saturated carbocycles. The van der Waals surface area contributed by atoms with E-state index in [9.17, 15) is 19.2 Å². The van der Waals surface area contributed by atoms with E-state index in [-0.39, 0.29) is 60.3 Å². The van der Waals surface area contributed by atoms with E-state index < -0.39 is 6.29 Å². The summed E-state index contributed by atoms with van der Waals surface area (Å²) in [5.41, 5.74) is 4.10. The molecule has 10 nitrogen and oxygen atoms in total. The van der Waals surface area contributed by atoms with Gasteiger partial charge in [0.2, 0.25) is 17.7 Å². The van der Waals surface area contributed by atoms with Crippen LogP contribution in [0.25, 0.3) is 0 Å². The first kappa shape index (κ1) is 26.5. The summed E-state index contributed by atoms with van der Waals surface area (Å²) in [5.74, 6) is -0.810. The van der Waals surface area contributed by atoms with Crippen LogP contribution in [0.5, 0.6) is 0 Å². The first-order valence-electron chi connectivity index (χ1n) is 14.1. The number of nitrogens with zero attached hydrogens (tertiary/aromatic N) is 3. The largest absolute Gasteiger partial charge is 0.353 e. The molecule has 2 aliphatic heterocycles. The molecule has 0 spiro atoms. The van der Waals surface area contributed by atoms with Crippen molar-refractivity contribution in [1.82, 2.24) is 30.9 Å². The minimum Gasteiger partial charge on any atom is -0.353 e. The molecule has 2 aliphatic carbocycles. The first-order chi connectivity index (χ1) is 18.3. The van der Waals surface area contributed by atoms with E-state index in [0.29, 0.717) is 25.8 Å². The van der Waals surface area contributed by atoms with Crippen LogP contribution in [0.2, 0.25) is 0 Å². The Labute approximate surface area is 224 Å². The third-order valence-corrected chi connectivity index (χ3v) is 8.51. The number of hydrazine groups is 1. The summed E-state index contributed by atoms with van der Waals surface area (Å²) in [6, 6.07) is 8.98. The third-order valence-electron chi connectivity index (χ3n) is 8.51. The van der Waals surface area contributed by atoms with Crippen LogP contribution in [0.4, 0.5) is 4.79 Å². The molecular formula is C28H40N6O4. The maximum atomic E-state index is 13.6. The number of benzene rings is 1. The van der Waals surface area contributed by atoms with Crippen LogP contribution in [-0.2, 0) is 20.9 Å². The molecule has 1 aromatic rings. The van der Waals surface area contributed by atoms with Gasteiger partial charge in [-0.3, -0.25) is 19.3 Å². The van der Waals surface area contributed by atoms with Crippen LogP contribution in [-0.4, -0.2) is 69.5 Å². The predicted octanol–water partition coefficient (Wildman–Crippen LogP) is 2.31. The zero-order valence-corrected chi connectivity index (χ0v) is 22.4. The van der Waals surface area contributed by atoms with Crippen LogP contribution in [0.3, 0.4) is 0 Å². The van der Waals surface area contributed by atoms with Gasteiger partial charge in [0, 0.05) is 30.6 Å². The van der Waals surface area contributed by atoms with Gasteiger partial charge >= 0.3 is 6.03 Å². The molecule has 10 heteroatoms. The van der Waals surface area contributed by atoms with Crippen molar-refractivity contribution < 1.29 is 19.2 Å². The lowest BCUT2D eigenvalue weighted by atomic mass is 9.75. The van der Waals surface area contributed by atoms with E-state index in [1.807, 2.05) is 44.2 Å². The second-order valence-corrected chi connectivity index (χ2v) is 11.4. The molecule has 5 rings (SSSR count). The molecule has 2 saturated heterocycles. The summed E-state index contributed by atoms with van der Waals surface area (Å²) in [7, 11) is 0. The van der Waals surface area contributed by atoms with Crippen LogP contribution in [0.15, 0.2) is 30.3 Å². The molecule has 3 N–H and O–H groups in total. The maximum Gasteiger partial charge on any atom is 0.337 e. The third kappa shape index (κ3) is 5.36. The Morgan fingerprint density at radius 1 is 1.03 bits per heavy atom. The molecule has 4 aliphatic rings. The average Bonchev–Trinajstić information content (AvgIpc) is 3.23.